The van der Waals surface area contributed by atoms with E-state index in [0.717, 1.165) is 0 Å². The Balaban J connectivity index is 2.09. The number of ether oxygens (including phenoxy) is 1. The summed E-state index contributed by atoms with van der Waals surface area (Å²) in [5, 5.41) is 7.27. The van der Waals surface area contributed by atoms with Gasteiger partial charge < -0.3 is 10.1 Å². The molecule has 5 nitrogen and oxygen atoms in total. The van der Waals surface area contributed by atoms with Crippen LogP contribution in [0.15, 0.2) is 36.7 Å². The lowest BCUT2D eigenvalue weighted by atomic mass is 10.2. The molecule has 0 saturated heterocycles. The molecule has 1 heterocycles. The molecule has 100 valence electrons. The van der Waals surface area contributed by atoms with Gasteiger partial charge in [-0.2, -0.15) is 5.10 Å². The minimum atomic E-state index is -0.393. The summed E-state index contributed by atoms with van der Waals surface area (Å²) in [6, 6.07) is 6.47. The average Bonchev–Trinajstić information content (AvgIpc) is 2.92. The lowest BCUT2D eigenvalue weighted by Crippen LogP contribution is -2.23. The van der Waals surface area contributed by atoms with Crippen LogP contribution in [0.5, 0.6) is 5.75 Å². The highest BCUT2D eigenvalue weighted by Gasteiger charge is 2.15. The molecule has 6 heteroatoms. The molecule has 0 spiro atoms. The van der Waals surface area contributed by atoms with Crippen molar-refractivity contribution < 1.29 is 9.53 Å². The quantitative estimate of drug-likeness (QED) is 0.936. The number of nitrogens with one attached hydrogen (secondary N) is 1. The molecule has 2 rings (SSSR count). The second kappa shape index (κ2) is 5.75. The minimum Gasteiger partial charge on any atom is -0.495 e. The zero-order valence-corrected chi connectivity index (χ0v) is 11.4. The van der Waals surface area contributed by atoms with Crippen molar-refractivity contribution in [1.29, 1.82) is 0 Å². The van der Waals surface area contributed by atoms with Crippen LogP contribution in [-0.4, -0.2) is 22.8 Å². The third-order valence-electron chi connectivity index (χ3n) is 2.72. The molecule has 0 radical (unpaired) electrons. The van der Waals surface area contributed by atoms with E-state index in [1.54, 1.807) is 55.4 Å². The molecule has 1 N–H and O–H groups in total. The van der Waals surface area contributed by atoms with E-state index in [1.165, 1.54) is 0 Å². The number of hydrogen-bond donors (Lipinski definition) is 1. The molecular weight excluding hydrogens is 266 g/mol. The van der Waals surface area contributed by atoms with Gasteiger partial charge in [-0.05, 0) is 31.2 Å². The maximum Gasteiger partial charge on any atom is 0.248 e. The van der Waals surface area contributed by atoms with Gasteiger partial charge in [0.25, 0.3) is 0 Å². The van der Waals surface area contributed by atoms with Crippen LogP contribution in [0.2, 0.25) is 5.02 Å². The molecule has 1 aromatic heterocycles. The second-order valence-corrected chi connectivity index (χ2v) is 4.41. The number of amides is 1. The molecule has 1 aromatic carbocycles. The fourth-order valence-electron chi connectivity index (χ4n) is 1.62. The Hall–Kier alpha value is -2.01. The molecule has 0 unspecified atom stereocenters. The Morgan fingerprint density at radius 3 is 2.89 bits per heavy atom. The zero-order chi connectivity index (χ0) is 13.8. The maximum atomic E-state index is 12.0. The summed E-state index contributed by atoms with van der Waals surface area (Å²) in [4.78, 5) is 12.0. The first kappa shape index (κ1) is 13.4. The number of carbonyl (C=O) groups excluding carboxylic acids is 1. The Bertz CT molecular complexity index is 569. The number of aromatic nitrogens is 2. The first-order valence-corrected chi connectivity index (χ1v) is 6.13. The number of benzene rings is 1. The van der Waals surface area contributed by atoms with E-state index in [4.69, 9.17) is 16.3 Å². The van der Waals surface area contributed by atoms with Gasteiger partial charge in [-0.1, -0.05) is 11.6 Å². The summed E-state index contributed by atoms with van der Waals surface area (Å²) >= 11 is 6.00. The molecule has 0 fully saturated rings. The van der Waals surface area contributed by atoms with Crippen LogP contribution in [-0.2, 0) is 4.79 Å². The minimum absolute atomic E-state index is 0.162. The molecule has 1 amide bonds. The summed E-state index contributed by atoms with van der Waals surface area (Å²) in [6.07, 6.45) is 3.37. The van der Waals surface area contributed by atoms with Crippen molar-refractivity contribution in [3.05, 3.63) is 41.7 Å². The Morgan fingerprint density at radius 2 is 2.32 bits per heavy atom. The van der Waals surface area contributed by atoms with E-state index in [2.05, 4.69) is 10.4 Å². The topological polar surface area (TPSA) is 56.1 Å². The summed E-state index contributed by atoms with van der Waals surface area (Å²) in [7, 11) is 1.54. The molecule has 0 aliphatic carbocycles. The van der Waals surface area contributed by atoms with E-state index in [-0.39, 0.29) is 5.91 Å². The van der Waals surface area contributed by atoms with Crippen molar-refractivity contribution in [2.45, 2.75) is 13.0 Å². The first-order valence-electron chi connectivity index (χ1n) is 5.75. The van der Waals surface area contributed by atoms with E-state index < -0.39 is 6.04 Å². The highest BCUT2D eigenvalue weighted by Crippen LogP contribution is 2.27. The van der Waals surface area contributed by atoms with Gasteiger partial charge in [0.05, 0.1) is 12.1 Å². The van der Waals surface area contributed by atoms with E-state index in [9.17, 15) is 4.79 Å². The lowest BCUT2D eigenvalue weighted by Gasteiger charge is -2.13. The fourth-order valence-corrected chi connectivity index (χ4v) is 1.88. The van der Waals surface area contributed by atoms with Gasteiger partial charge in [0, 0.05) is 18.1 Å². The average molecular weight is 280 g/mol. The molecule has 0 aliphatic heterocycles. The van der Waals surface area contributed by atoms with Crippen molar-refractivity contribution in [2.24, 2.45) is 0 Å². The second-order valence-electron chi connectivity index (χ2n) is 4.00. The summed E-state index contributed by atoms with van der Waals surface area (Å²) in [5.74, 6) is 0.407. The van der Waals surface area contributed by atoms with Crippen LogP contribution in [0.1, 0.15) is 13.0 Å². The zero-order valence-electron chi connectivity index (χ0n) is 10.6. The highest BCUT2D eigenvalue weighted by atomic mass is 35.5. The number of nitrogens with zero attached hydrogens (tertiary/aromatic N) is 2. The van der Waals surface area contributed by atoms with Crippen molar-refractivity contribution in [3.8, 4) is 5.75 Å². The molecular formula is C13H14ClN3O2. The van der Waals surface area contributed by atoms with Gasteiger partial charge in [-0.25, -0.2) is 0 Å². The highest BCUT2D eigenvalue weighted by molar-refractivity contribution is 6.32. The normalized spacial score (nSPS) is 11.9. The van der Waals surface area contributed by atoms with Gasteiger partial charge in [0.2, 0.25) is 5.91 Å². The predicted molar refractivity (Wildman–Crippen MR) is 73.6 cm³/mol. The molecule has 2 aromatic rings. The van der Waals surface area contributed by atoms with Crippen molar-refractivity contribution in [3.63, 3.8) is 0 Å². The van der Waals surface area contributed by atoms with Gasteiger partial charge >= 0.3 is 0 Å². The van der Waals surface area contributed by atoms with Crippen LogP contribution in [0, 0.1) is 0 Å². The Labute approximate surface area is 116 Å². The Morgan fingerprint density at radius 1 is 1.53 bits per heavy atom. The summed E-state index contributed by atoms with van der Waals surface area (Å²) in [6.45, 7) is 1.77. The van der Waals surface area contributed by atoms with E-state index in [0.29, 0.717) is 16.5 Å². The summed E-state index contributed by atoms with van der Waals surface area (Å²) < 4.78 is 6.64. The Kier molecular flexibility index (Phi) is 4.06. The standard InChI is InChI=1S/C13H14ClN3O2/c1-9(17-7-3-6-15-17)13(18)16-10-4-5-12(19-2)11(14)8-10/h3-9H,1-2H3,(H,16,18)/t9-/m1/s1. The van der Waals surface area contributed by atoms with Crippen molar-refractivity contribution in [1.82, 2.24) is 9.78 Å². The monoisotopic (exact) mass is 279 g/mol. The third-order valence-corrected chi connectivity index (χ3v) is 3.02. The SMILES string of the molecule is COc1ccc(NC(=O)[C@@H](C)n2cccn2)cc1Cl. The van der Waals surface area contributed by atoms with Crippen molar-refractivity contribution >= 4 is 23.2 Å². The summed E-state index contributed by atoms with van der Waals surface area (Å²) in [5.41, 5.74) is 0.620. The van der Waals surface area contributed by atoms with Crippen LogP contribution in [0.25, 0.3) is 0 Å². The molecule has 0 saturated carbocycles. The van der Waals surface area contributed by atoms with Gasteiger partial charge in [-0.3, -0.25) is 9.48 Å². The van der Waals surface area contributed by atoms with Crippen LogP contribution >= 0.6 is 11.6 Å². The van der Waals surface area contributed by atoms with E-state index >= 15 is 0 Å². The van der Waals surface area contributed by atoms with Crippen LogP contribution in [0.3, 0.4) is 0 Å². The predicted octanol–water partition coefficient (Wildman–Crippen LogP) is 2.74. The van der Waals surface area contributed by atoms with Crippen LogP contribution in [0.4, 0.5) is 5.69 Å². The first-order chi connectivity index (χ1) is 9.11. The van der Waals surface area contributed by atoms with Gasteiger partial charge in [0.15, 0.2) is 0 Å². The van der Waals surface area contributed by atoms with Crippen LogP contribution < -0.4 is 10.1 Å². The number of anilines is 1. The molecule has 19 heavy (non-hydrogen) atoms. The fraction of sp³-hybridized carbons (Fsp3) is 0.231. The van der Waals surface area contributed by atoms with Crippen molar-refractivity contribution in [2.75, 3.05) is 12.4 Å². The molecule has 1 atom stereocenters. The largest absolute Gasteiger partial charge is 0.495 e. The molecule has 0 aliphatic rings. The number of carbonyl (C=O) groups is 1. The van der Waals surface area contributed by atoms with E-state index in [1.807, 2.05) is 0 Å². The number of hydrogen-bond acceptors (Lipinski definition) is 3. The smallest absolute Gasteiger partial charge is 0.248 e. The molecule has 0 bridgehead atoms. The number of halogens is 1. The maximum absolute atomic E-state index is 12.0. The number of methoxy groups -OCH3 is 1. The lowest BCUT2D eigenvalue weighted by molar-refractivity contribution is -0.119. The van der Waals surface area contributed by atoms with Gasteiger partial charge in [-0.15, -0.1) is 0 Å². The number of rotatable bonds is 4. The third kappa shape index (κ3) is 3.06. The van der Waals surface area contributed by atoms with Gasteiger partial charge in [0.1, 0.15) is 11.8 Å².